The highest BCUT2D eigenvalue weighted by Crippen LogP contribution is 2.22. The molecule has 3 amide bonds. The second kappa shape index (κ2) is 6.42. The van der Waals surface area contributed by atoms with E-state index >= 15 is 0 Å². The first-order valence-corrected chi connectivity index (χ1v) is 7.00. The minimum atomic E-state index is -0.648. The molecule has 7 heteroatoms. The summed E-state index contributed by atoms with van der Waals surface area (Å²) >= 11 is 0.841. The number of thioether (sulfide) groups is 1. The Morgan fingerprint density at radius 3 is 2.60 bits per heavy atom. The third kappa shape index (κ3) is 3.74. The summed E-state index contributed by atoms with van der Waals surface area (Å²) in [4.78, 5) is 34.1. The normalized spacial score (nSPS) is 17.8. The molecule has 0 spiro atoms. The first-order chi connectivity index (χ1) is 9.58. The van der Waals surface area contributed by atoms with E-state index in [2.05, 4.69) is 10.6 Å². The second-order valence-electron chi connectivity index (χ2n) is 4.09. The topological polar surface area (TPSA) is 84.5 Å². The smallest absolute Gasteiger partial charge is 0.286 e. The zero-order valence-electron chi connectivity index (χ0n) is 10.8. The van der Waals surface area contributed by atoms with Gasteiger partial charge in [-0.25, -0.2) is 0 Å². The molecule has 1 aromatic carbocycles. The van der Waals surface area contributed by atoms with Crippen LogP contribution in [0, 0.1) is 0 Å². The number of nitrogens with one attached hydrogen (secondary N) is 2. The number of anilines is 1. The predicted molar refractivity (Wildman–Crippen MR) is 75.8 cm³/mol. The number of rotatable bonds is 5. The average Bonchev–Trinajstić information content (AvgIpc) is 2.70. The van der Waals surface area contributed by atoms with Crippen molar-refractivity contribution in [3.8, 4) is 5.75 Å². The minimum absolute atomic E-state index is 0.0323. The number of carbonyl (C=O) groups is 3. The molecule has 2 N–H and O–H groups in total. The van der Waals surface area contributed by atoms with Gasteiger partial charge in [0, 0.05) is 12.1 Å². The van der Waals surface area contributed by atoms with Crippen molar-refractivity contribution in [1.29, 1.82) is 0 Å². The number of imide groups is 1. The van der Waals surface area contributed by atoms with E-state index < -0.39 is 16.4 Å². The van der Waals surface area contributed by atoms with Crippen LogP contribution in [0.3, 0.4) is 0 Å². The molecule has 20 heavy (non-hydrogen) atoms. The molecule has 1 aliphatic heterocycles. The Hall–Kier alpha value is -2.02. The van der Waals surface area contributed by atoms with Crippen molar-refractivity contribution in [2.24, 2.45) is 0 Å². The van der Waals surface area contributed by atoms with E-state index in [1.54, 1.807) is 24.3 Å². The van der Waals surface area contributed by atoms with Gasteiger partial charge < -0.3 is 10.1 Å². The van der Waals surface area contributed by atoms with Gasteiger partial charge in [0.2, 0.25) is 11.8 Å². The number of amides is 3. The molecule has 0 aliphatic carbocycles. The van der Waals surface area contributed by atoms with Crippen molar-refractivity contribution in [2.75, 3.05) is 11.9 Å². The zero-order chi connectivity index (χ0) is 14.5. The summed E-state index contributed by atoms with van der Waals surface area (Å²) in [5.41, 5.74) is 0.619. The summed E-state index contributed by atoms with van der Waals surface area (Å²) in [6, 6.07) is 6.94. The molecule has 0 saturated carbocycles. The highest BCUT2D eigenvalue weighted by molar-refractivity contribution is 8.15. The number of carbonyl (C=O) groups excluding carboxylic acids is 3. The van der Waals surface area contributed by atoms with Gasteiger partial charge in [0.1, 0.15) is 11.0 Å². The van der Waals surface area contributed by atoms with Crippen molar-refractivity contribution in [1.82, 2.24) is 5.32 Å². The van der Waals surface area contributed by atoms with E-state index in [0.717, 1.165) is 17.5 Å². The lowest BCUT2D eigenvalue weighted by molar-refractivity contribution is -0.122. The molecule has 1 aromatic rings. The van der Waals surface area contributed by atoms with Crippen LogP contribution < -0.4 is 15.4 Å². The van der Waals surface area contributed by atoms with Crippen LogP contribution in [0.2, 0.25) is 0 Å². The van der Waals surface area contributed by atoms with Gasteiger partial charge >= 0.3 is 0 Å². The van der Waals surface area contributed by atoms with E-state index in [0.29, 0.717) is 12.3 Å². The number of ether oxygens (including phenoxy) is 1. The van der Waals surface area contributed by atoms with Crippen LogP contribution in [-0.2, 0) is 9.59 Å². The molecule has 106 valence electrons. The van der Waals surface area contributed by atoms with Crippen LogP contribution in [0.25, 0.3) is 0 Å². The largest absolute Gasteiger partial charge is 0.494 e. The van der Waals surface area contributed by atoms with Gasteiger partial charge in [-0.3, -0.25) is 19.7 Å². The molecule has 1 saturated heterocycles. The maximum Gasteiger partial charge on any atom is 0.286 e. The molecule has 6 nitrogen and oxygen atoms in total. The number of hydrogen-bond donors (Lipinski definition) is 2. The maximum atomic E-state index is 11.8. The van der Waals surface area contributed by atoms with Gasteiger partial charge in [-0.1, -0.05) is 11.8 Å². The fourth-order valence-corrected chi connectivity index (χ4v) is 2.53. The fourth-order valence-electron chi connectivity index (χ4n) is 1.71. The lowest BCUT2D eigenvalue weighted by atomic mass is 10.2. The molecule has 2 rings (SSSR count). The summed E-state index contributed by atoms with van der Waals surface area (Å²) < 4.78 is 5.29. The van der Waals surface area contributed by atoms with E-state index in [9.17, 15) is 14.4 Å². The molecule has 0 radical (unpaired) electrons. The molecule has 0 bridgehead atoms. The van der Waals surface area contributed by atoms with Crippen molar-refractivity contribution in [2.45, 2.75) is 18.6 Å². The van der Waals surface area contributed by atoms with Crippen molar-refractivity contribution in [3.63, 3.8) is 0 Å². The minimum Gasteiger partial charge on any atom is -0.494 e. The highest BCUT2D eigenvalue weighted by atomic mass is 32.2. The van der Waals surface area contributed by atoms with Crippen LogP contribution in [0.4, 0.5) is 10.5 Å². The number of hydrogen-bond acceptors (Lipinski definition) is 5. The molecule has 1 fully saturated rings. The van der Waals surface area contributed by atoms with Crippen molar-refractivity contribution >= 4 is 34.5 Å². The summed E-state index contributed by atoms with van der Waals surface area (Å²) in [7, 11) is 0. The van der Waals surface area contributed by atoms with Crippen LogP contribution in [0.1, 0.15) is 13.3 Å². The molecular weight excluding hydrogens is 280 g/mol. The molecular formula is C13H14N2O4S. The van der Waals surface area contributed by atoms with E-state index in [1.807, 2.05) is 6.92 Å². The Balaban J connectivity index is 1.88. The lowest BCUT2D eigenvalue weighted by Gasteiger charge is -2.08. The summed E-state index contributed by atoms with van der Waals surface area (Å²) in [5, 5.41) is 3.76. The molecule has 1 heterocycles. The standard InChI is InChI=1S/C13H14N2O4S/c1-2-19-9-5-3-8(4-6-9)14-11(16)7-10-12(17)15-13(18)20-10/h3-6,10H,2,7H2,1H3,(H,14,16)(H,15,17,18). The van der Waals surface area contributed by atoms with Gasteiger partial charge in [0.15, 0.2) is 0 Å². The Kier molecular flexibility index (Phi) is 4.62. The van der Waals surface area contributed by atoms with Crippen LogP contribution in [0.5, 0.6) is 5.75 Å². The van der Waals surface area contributed by atoms with Crippen LogP contribution in [0.15, 0.2) is 24.3 Å². The van der Waals surface area contributed by atoms with Gasteiger partial charge in [0.05, 0.1) is 6.61 Å². The van der Waals surface area contributed by atoms with Gasteiger partial charge in [-0.2, -0.15) is 0 Å². The van der Waals surface area contributed by atoms with Gasteiger partial charge in [-0.05, 0) is 31.2 Å². The molecule has 1 atom stereocenters. The van der Waals surface area contributed by atoms with E-state index in [4.69, 9.17) is 4.74 Å². The monoisotopic (exact) mass is 294 g/mol. The van der Waals surface area contributed by atoms with Gasteiger partial charge in [-0.15, -0.1) is 0 Å². The summed E-state index contributed by atoms with van der Waals surface area (Å²) in [6.07, 6.45) is -0.0323. The summed E-state index contributed by atoms with van der Waals surface area (Å²) in [5.74, 6) is 0.000163. The molecule has 1 aliphatic rings. The quantitative estimate of drug-likeness (QED) is 0.864. The Bertz CT molecular complexity index is 530. The highest BCUT2D eigenvalue weighted by Gasteiger charge is 2.33. The fraction of sp³-hybridized carbons (Fsp3) is 0.308. The number of benzene rings is 1. The van der Waals surface area contributed by atoms with Crippen molar-refractivity contribution in [3.05, 3.63) is 24.3 Å². The van der Waals surface area contributed by atoms with Gasteiger partial charge in [0.25, 0.3) is 5.24 Å². The zero-order valence-corrected chi connectivity index (χ0v) is 11.7. The Morgan fingerprint density at radius 1 is 1.35 bits per heavy atom. The van der Waals surface area contributed by atoms with Crippen LogP contribution >= 0.6 is 11.8 Å². The first-order valence-electron chi connectivity index (χ1n) is 6.12. The molecule has 1 unspecified atom stereocenters. The van der Waals surface area contributed by atoms with E-state index in [1.165, 1.54) is 0 Å². The second-order valence-corrected chi connectivity index (χ2v) is 5.27. The third-order valence-corrected chi connectivity index (χ3v) is 3.57. The maximum absolute atomic E-state index is 11.8. The summed E-state index contributed by atoms with van der Waals surface area (Å²) in [6.45, 7) is 2.47. The Labute approximate surface area is 120 Å². The van der Waals surface area contributed by atoms with Crippen molar-refractivity contribution < 1.29 is 19.1 Å². The molecule has 0 aromatic heterocycles. The predicted octanol–water partition coefficient (Wildman–Crippen LogP) is 1.77. The first kappa shape index (κ1) is 14.4. The SMILES string of the molecule is CCOc1ccc(NC(=O)CC2SC(=O)NC2=O)cc1. The average molecular weight is 294 g/mol. The Morgan fingerprint density at radius 2 is 2.05 bits per heavy atom. The van der Waals surface area contributed by atoms with E-state index in [-0.39, 0.29) is 12.3 Å². The third-order valence-electron chi connectivity index (χ3n) is 2.59. The lowest BCUT2D eigenvalue weighted by Crippen LogP contribution is -2.27. The van der Waals surface area contributed by atoms with Crippen LogP contribution in [-0.4, -0.2) is 28.9 Å².